The molecule has 0 aliphatic carbocycles. The lowest BCUT2D eigenvalue weighted by atomic mass is 9.86. The summed E-state index contributed by atoms with van der Waals surface area (Å²) >= 11 is 12.8. The van der Waals surface area contributed by atoms with Crippen molar-refractivity contribution >= 4 is 53.9 Å². The topological polar surface area (TPSA) is 61.0 Å². The summed E-state index contributed by atoms with van der Waals surface area (Å²) in [7, 11) is -1.24. The van der Waals surface area contributed by atoms with E-state index in [-0.39, 0.29) is 24.5 Å². The smallest absolute Gasteiger partial charge is 0.219 e. The largest absolute Gasteiger partial charge is 0.365 e. The number of nitrogens with zero attached hydrogens (tertiary/aromatic N) is 4. The lowest BCUT2D eigenvalue weighted by Crippen LogP contribution is -2.38. The van der Waals surface area contributed by atoms with E-state index in [0.29, 0.717) is 42.2 Å². The second kappa shape index (κ2) is 14.5. The normalized spacial score (nSPS) is 14.9. The van der Waals surface area contributed by atoms with Crippen LogP contribution in [0.15, 0.2) is 60.7 Å². The van der Waals surface area contributed by atoms with Gasteiger partial charge in [0.05, 0.1) is 33.8 Å². The van der Waals surface area contributed by atoms with Crippen LogP contribution in [0.1, 0.15) is 37.3 Å². The second-order valence-electron chi connectivity index (χ2n) is 12.9. The maximum Gasteiger partial charge on any atom is 0.219 e. The van der Waals surface area contributed by atoms with Gasteiger partial charge in [0.1, 0.15) is 19.2 Å². The number of hydrogen-bond donors (Lipinski definition) is 0. The fraction of sp³-hybridized carbons (Fsp3) is 0.400. The van der Waals surface area contributed by atoms with Crippen molar-refractivity contribution in [3.63, 3.8) is 0 Å². The van der Waals surface area contributed by atoms with Crippen LogP contribution in [0.4, 0.5) is 5.69 Å². The average molecular weight is 664 g/mol. The summed E-state index contributed by atoms with van der Waals surface area (Å²) in [5.41, 5.74) is 5.33. The van der Waals surface area contributed by atoms with E-state index in [2.05, 4.69) is 48.8 Å². The molecule has 1 fully saturated rings. The van der Waals surface area contributed by atoms with Crippen molar-refractivity contribution in [2.75, 3.05) is 19.7 Å². The molecule has 1 aliphatic heterocycles. The highest BCUT2D eigenvalue weighted by molar-refractivity contribution is 6.76. The molecule has 1 atom stereocenters. The van der Waals surface area contributed by atoms with Gasteiger partial charge in [0.2, 0.25) is 5.91 Å². The van der Waals surface area contributed by atoms with Crippen molar-refractivity contribution in [2.45, 2.75) is 64.9 Å². The van der Waals surface area contributed by atoms with Crippen LogP contribution in [0.5, 0.6) is 0 Å². The second-order valence-corrected chi connectivity index (χ2v) is 19.4. The van der Waals surface area contributed by atoms with Gasteiger partial charge in [0.25, 0.3) is 0 Å². The van der Waals surface area contributed by atoms with Gasteiger partial charge in [-0.2, -0.15) is 0 Å². The van der Waals surface area contributed by atoms with E-state index in [1.54, 1.807) is 13.0 Å². The molecule has 45 heavy (non-hydrogen) atoms. The Morgan fingerprint density at radius 3 is 2.42 bits per heavy atom. The molecule has 3 aromatic carbocycles. The predicted octanol–water partition coefficient (Wildman–Crippen LogP) is 9.39. The van der Waals surface area contributed by atoms with Crippen LogP contribution >= 0.6 is 23.2 Å². The molecule has 1 saturated heterocycles. The molecule has 1 unspecified atom stereocenters. The van der Waals surface area contributed by atoms with Crippen molar-refractivity contribution in [3.05, 3.63) is 93.5 Å². The highest BCUT2D eigenvalue weighted by atomic mass is 35.5. The molecule has 0 radical (unpaired) electrons. The molecule has 236 valence electrons. The number of fused-ring (bicyclic) bond motifs is 1. The minimum absolute atomic E-state index is 0.108. The van der Waals surface area contributed by atoms with Gasteiger partial charge in [-0.3, -0.25) is 4.79 Å². The Morgan fingerprint density at radius 1 is 1.04 bits per heavy atom. The number of likely N-dealkylation sites (tertiary alicyclic amines) is 1. The van der Waals surface area contributed by atoms with E-state index >= 15 is 0 Å². The quantitative estimate of drug-likeness (QED) is 0.0912. The highest BCUT2D eigenvalue weighted by Gasteiger charge is 2.30. The minimum Gasteiger partial charge on any atom is -0.365 e. The Kier molecular flexibility index (Phi) is 10.7. The highest BCUT2D eigenvalue weighted by Crippen LogP contribution is 2.37. The lowest BCUT2D eigenvalue weighted by Gasteiger charge is -2.36. The number of imidazole rings is 1. The molecule has 0 saturated carbocycles. The molecule has 7 nitrogen and oxygen atoms in total. The van der Waals surface area contributed by atoms with Gasteiger partial charge in [0, 0.05) is 34.7 Å². The first-order valence-electron chi connectivity index (χ1n) is 15.4. The summed E-state index contributed by atoms with van der Waals surface area (Å²) in [6, 6.07) is 20.8. The van der Waals surface area contributed by atoms with Crippen LogP contribution in [0.3, 0.4) is 0 Å². The average Bonchev–Trinajstić information content (AvgIpc) is 3.35. The van der Waals surface area contributed by atoms with Crippen molar-refractivity contribution in [3.8, 4) is 11.1 Å². The number of halogens is 2. The van der Waals surface area contributed by atoms with Gasteiger partial charge in [-0.15, -0.1) is 0 Å². The number of rotatable bonds is 11. The van der Waals surface area contributed by atoms with Crippen LogP contribution in [-0.2, 0) is 27.6 Å². The van der Waals surface area contributed by atoms with Crippen molar-refractivity contribution < 1.29 is 14.3 Å². The molecule has 0 N–H and O–H groups in total. The van der Waals surface area contributed by atoms with Crippen molar-refractivity contribution in [1.82, 2.24) is 14.5 Å². The molecule has 2 heterocycles. The Hall–Kier alpha value is -3.19. The molecule has 0 bridgehead atoms. The minimum atomic E-state index is -1.24. The van der Waals surface area contributed by atoms with Crippen molar-refractivity contribution in [1.29, 1.82) is 0 Å². The Morgan fingerprint density at radius 2 is 1.76 bits per heavy atom. The zero-order valence-corrected chi connectivity index (χ0v) is 28.9. The van der Waals surface area contributed by atoms with Gasteiger partial charge in [-0.1, -0.05) is 85.3 Å². The number of carbonyl (C=O) groups excluding carboxylic acids is 1. The number of amides is 1. The van der Waals surface area contributed by atoms with E-state index in [9.17, 15) is 4.79 Å². The molecule has 1 amide bonds. The number of hydrogen-bond acceptors (Lipinski definition) is 4. The maximum atomic E-state index is 12.0. The molecule has 0 spiro atoms. The van der Waals surface area contributed by atoms with Crippen LogP contribution in [-0.4, -0.2) is 48.1 Å². The van der Waals surface area contributed by atoms with Crippen LogP contribution in [0, 0.1) is 12.5 Å². The van der Waals surface area contributed by atoms with E-state index in [1.165, 1.54) is 0 Å². The SMILES string of the molecule is [C-]#[N+]c1cccc(-c2ccc(C(OCc3nc4cc(Cl)c(Cl)cc4n3COCC[Si](C)(C)C)C3CCN(C(C)=O)CC3)cc2)c1. The van der Waals surface area contributed by atoms with Crippen LogP contribution in [0.25, 0.3) is 27.0 Å². The Bertz CT molecular complexity index is 1690. The number of benzene rings is 3. The first-order chi connectivity index (χ1) is 21.5. The van der Waals surface area contributed by atoms with Gasteiger partial charge in [0.15, 0.2) is 5.69 Å². The predicted molar refractivity (Wildman–Crippen MR) is 185 cm³/mol. The maximum absolute atomic E-state index is 12.0. The molecule has 10 heteroatoms. The lowest BCUT2D eigenvalue weighted by molar-refractivity contribution is -0.131. The van der Waals surface area contributed by atoms with Crippen LogP contribution in [0.2, 0.25) is 35.7 Å². The Labute approximate surface area is 276 Å². The van der Waals surface area contributed by atoms with E-state index < -0.39 is 8.07 Å². The number of piperidine rings is 1. The fourth-order valence-corrected chi connectivity index (χ4v) is 6.84. The monoisotopic (exact) mass is 662 g/mol. The third kappa shape index (κ3) is 8.35. The molecule has 4 aromatic rings. The summed E-state index contributed by atoms with van der Waals surface area (Å²) in [4.78, 5) is 22.4. The first kappa shape index (κ1) is 33.2. The third-order valence-corrected chi connectivity index (χ3v) is 10.9. The number of aromatic nitrogens is 2. The third-order valence-electron chi connectivity index (χ3n) is 8.44. The van der Waals surface area contributed by atoms with E-state index in [1.807, 2.05) is 39.8 Å². The van der Waals surface area contributed by atoms with Gasteiger partial charge >= 0.3 is 0 Å². The summed E-state index contributed by atoms with van der Waals surface area (Å²) in [5.74, 6) is 1.08. The molecule has 1 aromatic heterocycles. The zero-order valence-electron chi connectivity index (χ0n) is 26.4. The number of ether oxygens (including phenoxy) is 2. The standard InChI is InChI=1S/C35H40Cl2N4O3Si/c1-24(42)40-15-13-27(14-16-40)35(26-11-9-25(10-12-26)28-7-6-8-29(19-28)38-2)44-22-34-39-32-20-30(36)31(37)21-33(32)41(34)23-43-17-18-45(3,4)5/h6-12,19-21,27,35H,13-18,22-23H2,1,3-5H3. The summed E-state index contributed by atoms with van der Waals surface area (Å²) in [6.07, 6.45) is 1.50. The molecule has 5 rings (SSSR count). The first-order valence-corrected chi connectivity index (χ1v) is 19.9. The van der Waals surface area contributed by atoms with Gasteiger partial charge < -0.3 is 18.9 Å². The summed E-state index contributed by atoms with van der Waals surface area (Å²) < 4.78 is 15.0. The van der Waals surface area contributed by atoms with E-state index in [0.717, 1.165) is 52.4 Å². The molecule has 1 aliphatic rings. The van der Waals surface area contributed by atoms with Crippen molar-refractivity contribution in [2.24, 2.45) is 5.92 Å². The fourth-order valence-electron chi connectivity index (χ4n) is 5.76. The zero-order chi connectivity index (χ0) is 32.1. The summed E-state index contributed by atoms with van der Waals surface area (Å²) in [5, 5.41) is 0.926. The van der Waals surface area contributed by atoms with Gasteiger partial charge in [-0.05, 0) is 59.7 Å². The molecular weight excluding hydrogens is 623 g/mol. The van der Waals surface area contributed by atoms with Gasteiger partial charge in [-0.25, -0.2) is 9.83 Å². The number of carbonyl (C=O) groups is 1. The Balaban J connectivity index is 1.42. The summed E-state index contributed by atoms with van der Waals surface area (Å²) in [6.45, 7) is 18.7. The molecular formula is C35H40Cl2N4O3Si. The van der Waals surface area contributed by atoms with Crippen LogP contribution < -0.4 is 0 Å². The van der Waals surface area contributed by atoms with E-state index in [4.69, 9.17) is 44.2 Å².